The number of benzene rings is 2. The van der Waals surface area contributed by atoms with E-state index in [2.05, 4.69) is 10.4 Å². The largest absolute Gasteiger partial charge is 0.416 e. The molecule has 2 bridgehead atoms. The van der Waals surface area contributed by atoms with Gasteiger partial charge in [-0.2, -0.15) is 30.8 Å². The highest BCUT2D eigenvalue weighted by Crippen LogP contribution is 2.44. The molecule has 2 aliphatic heterocycles. The lowest BCUT2D eigenvalue weighted by atomic mass is 10.0. The third-order valence-electron chi connectivity index (χ3n) is 5.33. The number of fused-ring (bicyclic) bond motifs is 7. The number of hydrogen-bond donors (Lipinski definition) is 1. The fourth-order valence-electron chi connectivity index (χ4n) is 4.02. The predicted molar refractivity (Wildman–Crippen MR) is 94.1 cm³/mol. The molecular formula is C19H14F3N3O2S. The van der Waals surface area contributed by atoms with E-state index in [0.29, 0.717) is 12.1 Å². The summed E-state index contributed by atoms with van der Waals surface area (Å²) in [4.78, 5) is -0.227. The van der Waals surface area contributed by atoms with Crippen molar-refractivity contribution < 1.29 is 21.6 Å². The summed E-state index contributed by atoms with van der Waals surface area (Å²) in [7, 11) is -4.10. The van der Waals surface area contributed by atoms with Crippen LogP contribution < -0.4 is 5.32 Å². The number of aromatic nitrogens is 2. The summed E-state index contributed by atoms with van der Waals surface area (Å²) >= 11 is 0. The summed E-state index contributed by atoms with van der Waals surface area (Å²) in [6.45, 7) is 0. The Morgan fingerprint density at radius 1 is 1.00 bits per heavy atom. The van der Waals surface area contributed by atoms with E-state index in [9.17, 15) is 21.6 Å². The van der Waals surface area contributed by atoms with E-state index in [0.717, 1.165) is 45.0 Å². The normalized spacial score (nSPS) is 20.7. The third-order valence-corrected chi connectivity index (χ3v) is 6.97. The average molecular weight is 405 g/mol. The van der Waals surface area contributed by atoms with Gasteiger partial charge in [0.25, 0.3) is 10.0 Å². The minimum Gasteiger partial charge on any atom is -0.299 e. The van der Waals surface area contributed by atoms with Crippen LogP contribution in [0, 0.1) is 0 Å². The maximum Gasteiger partial charge on any atom is 0.416 e. The van der Waals surface area contributed by atoms with Crippen molar-refractivity contribution >= 4 is 10.0 Å². The van der Waals surface area contributed by atoms with Gasteiger partial charge < -0.3 is 0 Å². The number of nitrogens with zero attached hydrogens (tertiary/aromatic N) is 2. The second-order valence-electron chi connectivity index (χ2n) is 6.90. The molecule has 0 spiro atoms. The first kappa shape index (κ1) is 17.4. The fraction of sp³-hybridized carbons (Fsp3) is 0.211. The van der Waals surface area contributed by atoms with Crippen molar-refractivity contribution in [1.29, 1.82) is 0 Å². The van der Waals surface area contributed by atoms with Crippen LogP contribution in [0.5, 0.6) is 0 Å². The molecule has 144 valence electrons. The zero-order valence-electron chi connectivity index (χ0n) is 14.3. The predicted octanol–water partition coefficient (Wildman–Crippen LogP) is 3.43. The van der Waals surface area contributed by atoms with Crippen molar-refractivity contribution in [3.05, 3.63) is 82.7 Å². The van der Waals surface area contributed by atoms with Gasteiger partial charge in [0, 0.05) is 18.0 Å². The van der Waals surface area contributed by atoms with Gasteiger partial charge in [-0.15, -0.1) is 0 Å². The standard InChI is InChI=1S/C19H14F3N3O2S/c20-19(21,22)11-5-7-12(8-6-11)28(26,27)25-17-9-16-13-3-1-2-4-14(13)18(24-16)15(17)10-23-25/h1-8,10,16,18,24H,9H2. The van der Waals surface area contributed by atoms with Crippen molar-refractivity contribution in [3.63, 3.8) is 0 Å². The second-order valence-corrected chi connectivity index (χ2v) is 8.67. The smallest absolute Gasteiger partial charge is 0.299 e. The van der Waals surface area contributed by atoms with Crippen LogP contribution in [-0.4, -0.2) is 17.6 Å². The van der Waals surface area contributed by atoms with Crippen molar-refractivity contribution in [2.24, 2.45) is 0 Å². The lowest BCUT2D eigenvalue weighted by Gasteiger charge is -2.23. The van der Waals surface area contributed by atoms with Crippen molar-refractivity contribution in [1.82, 2.24) is 14.5 Å². The van der Waals surface area contributed by atoms with E-state index in [-0.39, 0.29) is 17.0 Å². The Balaban J connectivity index is 1.57. The molecule has 2 unspecified atom stereocenters. The van der Waals surface area contributed by atoms with Crippen LogP contribution in [0.3, 0.4) is 0 Å². The van der Waals surface area contributed by atoms with Gasteiger partial charge in [-0.3, -0.25) is 5.32 Å². The Hall–Kier alpha value is -2.65. The van der Waals surface area contributed by atoms with Gasteiger partial charge in [0.15, 0.2) is 0 Å². The first-order valence-electron chi connectivity index (χ1n) is 8.61. The molecule has 3 heterocycles. The highest BCUT2D eigenvalue weighted by molar-refractivity contribution is 7.89. The van der Waals surface area contributed by atoms with E-state index in [1.165, 1.54) is 6.20 Å². The summed E-state index contributed by atoms with van der Waals surface area (Å²) in [5.41, 5.74) is 2.66. The van der Waals surface area contributed by atoms with Gasteiger partial charge >= 0.3 is 6.18 Å². The quantitative estimate of drug-likeness (QED) is 0.710. The van der Waals surface area contributed by atoms with Crippen molar-refractivity contribution in [3.8, 4) is 0 Å². The van der Waals surface area contributed by atoms with Crippen molar-refractivity contribution in [2.75, 3.05) is 0 Å². The third kappa shape index (κ3) is 2.43. The highest BCUT2D eigenvalue weighted by atomic mass is 32.2. The summed E-state index contributed by atoms with van der Waals surface area (Å²) in [6.07, 6.45) is -2.57. The lowest BCUT2D eigenvalue weighted by molar-refractivity contribution is -0.137. The summed E-state index contributed by atoms with van der Waals surface area (Å²) in [5.74, 6) is 0. The van der Waals surface area contributed by atoms with Crippen LogP contribution in [-0.2, 0) is 22.6 Å². The minimum atomic E-state index is -4.52. The molecule has 1 aromatic heterocycles. The molecule has 2 aliphatic rings. The lowest BCUT2D eigenvalue weighted by Crippen LogP contribution is -2.29. The Kier molecular flexibility index (Phi) is 3.54. The van der Waals surface area contributed by atoms with E-state index in [1.807, 2.05) is 24.3 Å². The van der Waals surface area contributed by atoms with Crippen LogP contribution in [0.1, 0.15) is 40.0 Å². The Morgan fingerprint density at radius 2 is 1.68 bits per heavy atom. The molecule has 2 aromatic carbocycles. The summed E-state index contributed by atoms with van der Waals surface area (Å²) in [6, 6.07) is 11.2. The molecule has 28 heavy (non-hydrogen) atoms. The van der Waals surface area contributed by atoms with Gasteiger partial charge in [0.1, 0.15) is 0 Å². The van der Waals surface area contributed by atoms with Gasteiger partial charge in [0.2, 0.25) is 0 Å². The maximum atomic E-state index is 13.0. The van der Waals surface area contributed by atoms with E-state index in [4.69, 9.17) is 0 Å². The molecular weight excluding hydrogens is 391 g/mol. The molecule has 5 rings (SSSR count). The van der Waals surface area contributed by atoms with Gasteiger partial charge in [-0.1, -0.05) is 24.3 Å². The Bertz CT molecular complexity index is 1180. The van der Waals surface area contributed by atoms with Crippen LogP contribution in [0.2, 0.25) is 0 Å². The SMILES string of the molecule is O=S(=O)(c1ccc(C(F)(F)F)cc1)n1ncc2c1CC1NC2c2ccccc21. The number of halogens is 3. The van der Waals surface area contributed by atoms with Gasteiger partial charge in [0.05, 0.1) is 28.4 Å². The van der Waals surface area contributed by atoms with E-state index >= 15 is 0 Å². The minimum absolute atomic E-state index is 0.0213. The average Bonchev–Trinajstić information content (AvgIpc) is 3.23. The number of nitrogens with one attached hydrogen (secondary N) is 1. The summed E-state index contributed by atoms with van der Waals surface area (Å²) in [5, 5.41) is 7.54. The zero-order valence-corrected chi connectivity index (χ0v) is 15.1. The number of hydrogen-bond acceptors (Lipinski definition) is 4. The topological polar surface area (TPSA) is 64.0 Å². The maximum absolute atomic E-state index is 13.0. The molecule has 2 atom stereocenters. The fourth-order valence-corrected chi connectivity index (χ4v) is 5.34. The van der Waals surface area contributed by atoms with E-state index in [1.54, 1.807) is 0 Å². The molecule has 5 nitrogen and oxygen atoms in total. The monoisotopic (exact) mass is 405 g/mol. The number of alkyl halides is 3. The Labute approximate surface area is 158 Å². The molecule has 0 radical (unpaired) electrons. The van der Waals surface area contributed by atoms with Crippen LogP contribution >= 0.6 is 0 Å². The Morgan fingerprint density at radius 3 is 2.36 bits per heavy atom. The van der Waals surface area contributed by atoms with Crippen LogP contribution in [0.15, 0.2) is 59.6 Å². The molecule has 0 fully saturated rings. The van der Waals surface area contributed by atoms with Gasteiger partial charge in [-0.05, 0) is 35.4 Å². The first-order chi connectivity index (χ1) is 13.3. The summed E-state index contributed by atoms with van der Waals surface area (Å²) < 4.78 is 65.3. The second kappa shape index (κ2) is 5.68. The van der Waals surface area contributed by atoms with Gasteiger partial charge in [-0.25, -0.2) is 0 Å². The molecule has 0 saturated carbocycles. The van der Waals surface area contributed by atoms with Crippen molar-refractivity contribution in [2.45, 2.75) is 29.6 Å². The highest BCUT2D eigenvalue weighted by Gasteiger charge is 2.40. The van der Waals surface area contributed by atoms with Crippen LogP contribution in [0.25, 0.3) is 0 Å². The zero-order chi connectivity index (χ0) is 19.7. The van der Waals surface area contributed by atoms with Crippen LogP contribution in [0.4, 0.5) is 13.2 Å². The molecule has 9 heteroatoms. The number of rotatable bonds is 2. The molecule has 0 aliphatic carbocycles. The molecule has 0 saturated heterocycles. The molecule has 3 aromatic rings. The molecule has 0 amide bonds. The first-order valence-corrected chi connectivity index (χ1v) is 10.1. The molecule has 1 N–H and O–H groups in total. The van der Waals surface area contributed by atoms with E-state index < -0.39 is 21.8 Å².